The Morgan fingerprint density at radius 2 is 1.73 bits per heavy atom. The minimum atomic E-state index is -0.373. The third-order valence-electron chi connectivity index (χ3n) is 4.05. The lowest BCUT2D eigenvalue weighted by atomic mass is 9.95. The van der Waals surface area contributed by atoms with Crippen molar-refractivity contribution in [2.24, 2.45) is 0 Å². The highest BCUT2D eigenvalue weighted by Crippen LogP contribution is 2.43. The second kappa shape index (κ2) is 4.88. The van der Waals surface area contributed by atoms with Crippen LogP contribution in [-0.4, -0.2) is 13.1 Å². The van der Waals surface area contributed by atoms with Crippen LogP contribution in [0.3, 0.4) is 0 Å². The fourth-order valence-electron chi connectivity index (χ4n) is 3.07. The molecule has 0 fully saturated rings. The number of rotatable bonds is 2. The zero-order chi connectivity index (χ0) is 15.1. The normalized spacial score (nSPS) is 16.4. The molecule has 3 heteroatoms. The molecule has 1 heterocycles. The van der Waals surface area contributed by atoms with Gasteiger partial charge in [-0.3, -0.25) is 0 Å². The first-order valence-corrected chi connectivity index (χ1v) is 7.15. The SMILES string of the molecule is COc1c2c(cc3ccccc13)C(c1ccccc1)OC2=O. The van der Waals surface area contributed by atoms with Crippen LogP contribution in [0.1, 0.15) is 27.6 Å². The minimum absolute atomic E-state index is 0.327. The standard InChI is InChI=1S/C19H14O3/c1-21-18-14-10-6-5-9-13(14)11-15-16(18)19(20)22-17(15)12-7-3-2-4-8-12/h2-11,17H,1H3. The average Bonchev–Trinajstić information content (AvgIpc) is 2.90. The Morgan fingerprint density at radius 1 is 1.00 bits per heavy atom. The maximum atomic E-state index is 12.4. The Bertz CT molecular complexity index is 868. The lowest BCUT2D eigenvalue weighted by molar-refractivity contribution is 0.0454. The zero-order valence-corrected chi connectivity index (χ0v) is 12.1. The highest BCUT2D eigenvalue weighted by Gasteiger charge is 2.36. The molecule has 0 saturated heterocycles. The van der Waals surface area contributed by atoms with Crippen molar-refractivity contribution in [1.29, 1.82) is 0 Å². The van der Waals surface area contributed by atoms with Crippen LogP contribution in [0, 0.1) is 0 Å². The van der Waals surface area contributed by atoms with Gasteiger partial charge in [-0.15, -0.1) is 0 Å². The van der Waals surface area contributed by atoms with Crippen molar-refractivity contribution in [3.8, 4) is 5.75 Å². The Labute approximate surface area is 128 Å². The summed E-state index contributed by atoms with van der Waals surface area (Å²) < 4.78 is 11.1. The maximum Gasteiger partial charge on any atom is 0.343 e. The number of hydrogen-bond donors (Lipinski definition) is 0. The highest BCUT2D eigenvalue weighted by molar-refractivity contribution is 6.05. The molecule has 22 heavy (non-hydrogen) atoms. The molecule has 0 saturated carbocycles. The summed E-state index contributed by atoms with van der Waals surface area (Å²) in [4.78, 5) is 12.4. The van der Waals surface area contributed by atoms with Crippen LogP contribution >= 0.6 is 0 Å². The minimum Gasteiger partial charge on any atom is -0.495 e. The monoisotopic (exact) mass is 290 g/mol. The number of fused-ring (bicyclic) bond motifs is 2. The molecule has 0 N–H and O–H groups in total. The van der Waals surface area contributed by atoms with Crippen LogP contribution in [0.25, 0.3) is 10.8 Å². The van der Waals surface area contributed by atoms with Gasteiger partial charge in [0.1, 0.15) is 11.3 Å². The molecule has 4 rings (SSSR count). The van der Waals surface area contributed by atoms with Gasteiger partial charge in [-0.25, -0.2) is 4.79 Å². The van der Waals surface area contributed by atoms with Gasteiger partial charge in [0.15, 0.2) is 6.10 Å². The van der Waals surface area contributed by atoms with Gasteiger partial charge in [-0.05, 0) is 17.0 Å². The molecule has 1 atom stereocenters. The first-order chi connectivity index (χ1) is 10.8. The topological polar surface area (TPSA) is 35.5 Å². The quantitative estimate of drug-likeness (QED) is 0.666. The molecule has 0 aromatic heterocycles. The molecule has 1 aliphatic rings. The summed E-state index contributed by atoms with van der Waals surface area (Å²) in [5.74, 6) is 0.267. The van der Waals surface area contributed by atoms with E-state index in [-0.39, 0.29) is 12.1 Å². The van der Waals surface area contributed by atoms with Crippen molar-refractivity contribution >= 4 is 16.7 Å². The van der Waals surface area contributed by atoms with E-state index in [4.69, 9.17) is 9.47 Å². The summed E-state index contributed by atoms with van der Waals surface area (Å²) in [6.45, 7) is 0. The number of carbonyl (C=O) groups is 1. The maximum absolute atomic E-state index is 12.4. The summed E-state index contributed by atoms with van der Waals surface area (Å²) >= 11 is 0. The van der Waals surface area contributed by atoms with Crippen LogP contribution in [0.5, 0.6) is 5.75 Å². The van der Waals surface area contributed by atoms with Crippen molar-refractivity contribution in [1.82, 2.24) is 0 Å². The van der Waals surface area contributed by atoms with E-state index in [1.165, 1.54) is 0 Å². The van der Waals surface area contributed by atoms with E-state index in [0.717, 1.165) is 21.9 Å². The van der Waals surface area contributed by atoms with Gasteiger partial charge in [0.25, 0.3) is 0 Å². The van der Waals surface area contributed by atoms with Crippen LogP contribution in [0.4, 0.5) is 0 Å². The summed E-state index contributed by atoms with van der Waals surface area (Å²) in [7, 11) is 1.59. The smallest absolute Gasteiger partial charge is 0.343 e. The molecule has 108 valence electrons. The van der Waals surface area contributed by atoms with Gasteiger partial charge in [0.05, 0.1) is 7.11 Å². The Hall–Kier alpha value is -2.81. The summed E-state index contributed by atoms with van der Waals surface area (Å²) in [6.07, 6.45) is -0.373. The average molecular weight is 290 g/mol. The fourth-order valence-corrected chi connectivity index (χ4v) is 3.07. The first-order valence-electron chi connectivity index (χ1n) is 7.15. The second-order valence-corrected chi connectivity index (χ2v) is 5.29. The molecular formula is C19H14O3. The molecule has 0 bridgehead atoms. The van der Waals surface area contributed by atoms with Gasteiger partial charge < -0.3 is 9.47 Å². The summed E-state index contributed by atoms with van der Waals surface area (Å²) in [5, 5.41) is 1.96. The van der Waals surface area contributed by atoms with Crippen LogP contribution in [0.2, 0.25) is 0 Å². The first kappa shape index (κ1) is 12.9. The van der Waals surface area contributed by atoms with E-state index in [1.807, 2.05) is 60.7 Å². The predicted octanol–water partition coefficient (Wildman–Crippen LogP) is 4.11. The number of carbonyl (C=O) groups excluding carboxylic acids is 1. The van der Waals surface area contributed by atoms with Crippen LogP contribution < -0.4 is 4.74 Å². The Kier molecular flexibility index (Phi) is 2.86. The molecule has 0 spiro atoms. The number of cyclic esters (lactones) is 1. The van der Waals surface area contributed by atoms with E-state index in [0.29, 0.717) is 11.3 Å². The molecule has 3 aromatic carbocycles. The van der Waals surface area contributed by atoms with Crippen LogP contribution in [0.15, 0.2) is 60.7 Å². The van der Waals surface area contributed by atoms with Gasteiger partial charge in [-0.1, -0.05) is 54.6 Å². The zero-order valence-electron chi connectivity index (χ0n) is 12.1. The number of esters is 1. The van der Waals surface area contributed by atoms with Gasteiger partial charge in [0, 0.05) is 10.9 Å². The van der Waals surface area contributed by atoms with Crippen molar-refractivity contribution in [3.63, 3.8) is 0 Å². The van der Waals surface area contributed by atoms with E-state index in [1.54, 1.807) is 7.11 Å². The Morgan fingerprint density at radius 3 is 2.50 bits per heavy atom. The lowest BCUT2D eigenvalue weighted by Gasteiger charge is -2.12. The van der Waals surface area contributed by atoms with Crippen molar-refractivity contribution in [3.05, 3.63) is 77.4 Å². The van der Waals surface area contributed by atoms with Crippen molar-refractivity contribution in [2.45, 2.75) is 6.10 Å². The molecule has 1 unspecified atom stereocenters. The number of ether oxygens (including phenoxy) is 2. The predicted molar refractivity (Wildman–Crippen MR) is 84.2 cm³/mol. The number of hydrogen-bond acceptors (Lipinski definition) is 3. The number of benzene rings is 3. The summed E-state index contributed by atoms with van der Waals surface area (Å²) in [5.41, 5.74) is 2.37. The molecule has 0 radical (unpaired) electrons. The van der Waals surface area contributed by atoms with E-state index in [2.05, 4.69) is 0 Å². The largest absolute Gasteiger partial charge is 0.495 e. The molecule has 3 nitrogen and oxygen atoms in total. The molecule has 0 amide bonds. The van der Waals surface area contributed by atoms with E-state index >= 15 is 0 Å². The third kappa shape index (κ3) is 1.79. The molecular weight excluding hydrogens is 276 g/mol. The van der Waals surface area contributed by atoms with Gasteiger partial charge >= 0.3 is 5.97 Å². The molecule has 3 aromatic rings. The fraction of sp³-hybridized carbons (Fsp3) is 0.105. The third-order valence-corrected chi connectivity index (χ3v) is 4.05. The molecule has 0 aliphatic carbocycles. The second-order valence-electron chi connectivity index (χ2n) is 5.29. The van der Waals surface area contributed by atoms with Gasteiger partial charge in [0.2, 0.25) is 0 Å². The number of methoxy groups -OCH3 is 1. The highest BCUT2D eigenvalue weighted by atomic mass is 16.6. The summed E-state index contributed by atoms with van der Waals surface area (Å²) in [6, 6.07) is 19.7. The van der Waals surface area contributed by atoms with Crippen molar-refractivity contribution < 1.29 is 14.3 Å². The van der Waals surface area contributed by atoms with Crippen molar-refractivity contribution in [2.75, 3.05) is 7.11 Å². The van der Waals surface area contributed by atoms with E-state index < -0.39 is 0 Å². The van der Waals surface area contributed by atoms with Gasteiger partial charge in [-0.2, -0.15) is 0 Å². The van der Waals surface area contributed by atoms with E-state index in [9.17, 15) is 4.79 Å². The molecule has 1 aliphatic heterocycles. The Balaban J connectivity index is 2.01. The van der Waals surface area contributed by atoms with Crippen LogP contribution in [-0.2, 0) is 4.74 Å². The lowest BCUT2D eigenvalue weighted by Crippen LogP contribution is -2.00.